The average Bonchev–Trinajstić information content (AvgIpc) is 1.68. The third-order valence-electron chi connectivity index (χ3n) is 0.622. The van der Waals surface area contributed by atoms with E-state index in [2.05, 4.69) is 6.58 Å². The summed E-state index contributed by atoms with van der Waals surface area (Å²) in [6.07, 6.45) is 3.98. The van der Waals surface area contributed by atoms with Crippen molar-refractivity contribution >= 4 is 0 Å². The molecule has 0 aromatic heterocycles. The molecule has 0 spiro atoms. The number of hydrogen-bond acceptors (Lipinski definition) is 1. The second kappa shape index (κ2) is 3.47. The second-order valence-electron chi connectivity index (χ2n) is 1.24. The van der Waals surface area contributed by atoms with E-state index >= 15 is 0 Å². The molecule has 0 amide bonds. The van der Waals surface area contributed by atoms with Crippen LogP contribution in [0.1, 0.15) is 13.3 Å². The molecule has 0 aromatic rings. The minimum absolute atomic E-state index is 0.266. The van der Waals surface area contributed by atoms with Gasteiger partial charge in [0.2, 0.25) is 0 Å². The molecule has 1 N–H and O–H groups in total. The molecule has 0 unspecified atom stereocenters. The maximum absolute atomic E-state index is 8.60. The molecule has 0 saturated carbocycles. The van der Waals surface area contributed by atoms with Crippen LogP contribution in [-0.2, 0) is 0 Å². The van der Waals surface area contributed by atoms with Crippen LogP contribution >= 0.6 is 0 Å². The van der Waals surface area contributed by atoms with E-state index in [-0.39, 0.29) is 5.76 Å². The Balaban J connectivity index is 3.49. The van der Waals surface area contributed by atoms with Crippen molar-refractivity contribution in [2.75, 3.05) is 0 Å². The molecule has 0 aliphatic heterocycles. The van der Waals surface area contributed by atoms with Gasteiger partial charge in [-0.2, -0.15) is 0 Å². The monoisotopic (exact) mass is 98.1 g/mol. The van der Waals surface area contributed by atoms with Gasteiger partial charge < -0.3 is 5.11 Å². The molecule has 0 atom stereocenters. The van der Waals surface area contributed by atoms with Crippen LogP contribution < -0.4 is 0 Å². The summed E-state index contributed by atoms with van der Waals surface area (Å²) in [5.41, 5.74) is 0. The van der Waals surface area contributed by atoms with Crippen LogP contribution in [0.4, 0.5) is 0 Å². The van der Waals surface area contributed by atoms with E-state index in [1.54, 1.807) is 6.08 Å². The summed E-state index contributed by atoms with van der Waals surface area (Å²) in [6, 6.07) is 0. The molecule has 0 radical (unpaired) electrons. The highest BCUT2D eigenvalue weighted by atomic mass is 16.3. The quantitative estimate of drug-likeness (QED) is 0.414. The van der Waals surface area contributed by atoms with Crippen molar-refractivity contribution in [1.29, 1.82) is 0 Å². The van der Waals surface area contributed by atoms with Gasteiger partial charge in [-0.15, -0.1) is 0 Å². The van der Waals surface area contributed by atoms with E-state index in [0.717, 1.165) is 6.42 Å². The molecule has 0 fully saturated rings. The van der Waals surface area contributed by atoms with Crippen LogP contribution in [0.2, 0.25) is 0 Å². The van der Waals surface area contributed by atoms with Gasteiger partial charge in [0.05, 0.1) is 0 Å². The largest absolute Gasteiger partial charge is 0.508 e. The Hall–Kier alpha value is -0.720. The maximum atomic E-state index is 8.60. The number of aliphatic hydroxyl groups is 1. The fourth-order valence-corrected chi connectivity index (χ4v) is 0.292. The lowest BCUT2D eigenvalue weighted by atomic mass is 10.4. The van der Waals surface area contributed by atoms with Crippen molar-refractivity contribution in [2.45, 2.75) is 13.3 Å². The van der Waals surface area contributed by atoms with Crippen LogP contribution in [0.25, 0.3) is 0 Å². The highest BCUT2D eigenvalue weighted by molar-refractivity contribution is 5.05. The third-order valence-corrected chi connectivity index (χ3v) is 0.622. The molecule has 0 aliphatic carbocycles. The number of hydrogen-bond donors (Lipinski definition) is 1. The Morgan fingerprint density at radius 1 is 1.86 bits per heavy atom. The van der Waals surface area contributed by atoms with Gasteiger partial charge in [-0.25, -0.2) is 0 Å². The fourth-order valence-electron chi connectivity index (χ4n) is 0.292. The van der Waals surface area contributed by atoms with Crippen molar-refractivity contribution in [3.05, 3.63) is 24.5 Å². The Labute approximate surface area is 44.0 Å². The lowest BCUT2D eigenvalue weighted by Gasteiger charge is -1.83. The molecule has 0 aliphatic rings. The summed E-state index contributed by atoms with van der Waals surface area (Å²) in [4.78, 5) is 0. The Bertz CT molecular complexity index is 82.2. The highest BCUT2D eigenvalue weighted by Gasteiger charge is 1.74. The zero-order valence-corrected chi connectivity index (χ0v) is 4.52. The first kappa shape index (κ1) is 6.28. The summed E-state index contributed by atoms with van der Waals surface area (Å²) >= 11 is 0. The zero-order valence-electron chi connectivity index (χ0n) is 4.52. The molecule has 40 valence electrons. The predicted molar refractivity (Wildman–Crippen MR) is 31.2 cm³/mol. The molecule has 0 rings (SSSR count). The minimum Gasteiger partial charge on any atom is -0.508 e. The van der Waals surface area contributed by atoms with E-state index in [9.17, 15) is 0 Å². The van der Waals surface area contributed by atoms with Crippen LogP contribution in [0, 0.1) is 0 Å². The van der Waals surface area contributed by atoms with Crippen LogP contribution in [0.15, 0.2) is 24.5 Å². The van der Waals surface area contributed by atoms with Gasteiger partial charge in [-0.05, 0) is 18.6 Å². The summed E-state index contributed by atoms with van der Waals surface area (Å²) in [5.74, 6) is 0.266. The topological polar surface area (TPSA) is 20.2 Å². The van der Waals surface area contributed by atoms with Gasteiger partial charge in [0, 0.05) is 0 Å². The van der Waals surface area contributed by atoms with Crippen molar-refractivity contribution in [3.8, 4) is 0 Å². The number of rotatable bonds is 2. The molecule has 0 bridgehead atoms. The molecular formula is C6H10O. The van der Waals surface area contributed by atoms with E-state index in [0.29, 0.717) is 0 Å². The van der Waals surface area contributed by atoms with Crippen LogP contribution in [0.3, 0.4) is 0 Å². The van der Waals surface area contributed by atoms with Gasteiger partial charge in [0.1, 0.15) is 5.76 Å². The first-order chi connectivity index (χ1) is 3.31. The average molecular weight is 98.1 g/mol. The van der Waals surface area contributed by atoms with Crippen molar-refractivity contribution in [3.63, 3.8) is 0 Å². The highest BCUT2D eigenvalue weighted by Crippen LogP contribution is 1.89. The van der Waals surface area contributed by atoms with Crippen LogP contribution in [-0.4, -0.2) is 5.11 Å². The Morgan fingerprint density at radius 3 is 2.57 bits per heavy atom. The summed E-state index contributed by atoms with van der Waals surface area (Å²) in [7, 11) is 0. The second-order valence-corrected chi connectivity index (χ2v) is 1.24. The van der Waals surface area contributed by atoms with Gasteiger partial charge in [-0.1, -0.05) is 13.5 Å². The molecule has 0 aromatic carbocycles. The van der Waals surface area contributed by atoms with E-state index in [4.69, 9.17) is 5.11 Å². The summed E-state index contributed by atoms with van der Waals surface area (Å²) < 4.78 is 0. The summed E-state index contributed by atoms with van der Waals surface area (Å²) in [6.45, 7) is 5.32. The minimum atomic E-state index is 0.266. The smallest absolute Gasteiger partial charge is 0.110 e. The van der Waals surface area contributed by atoms with Gasteiger partial charge in [0.15, 0.2) is 0 Å². The standard InChI is InChI=1S/C6H10O/c1-3-5-6(7)4-2/h4-5,7H,2-3H2,1H3. The van der Waals surface area contributed by atoms with Gasteiger partial charge >= 0.3 is 0 Å². The third kappa shape index (κ3) is 3.10. The van der Waals surface area contributed by atoms with Crippen LogP contribution in [0.5, 0.6) is 0 Å². The zero-order chi connectivity index (χ0) is 5.70. The van der Waals surface area contributed by atoms with Crippen molar-refractivity contribution in [1.82, 2.24) is 0 Å². The lowest BCUT2D eigenvalue weighted by molar-refractivity contribution is 0.430. The first-order valence-electron chi connectivity index (χ1n) is 2.32. The fraction of sp³-hybridized carbons (Fsp3) is 0.333. The molecular weight excluding hydrogens is 88.1 g/mol. The molecule has 0 heterocycles. The van der Waals surface area contributed by atoms with E-state index in [1.807, 2.05) is 6.92 Å². The molecule has 1 heteroatoms. The number of aliphatic hydroxyl groups excluding tert-OH is 1. The van der Waals surface area contributed by atoms with E-state index in [1.165, 1.54) is 6.08 Å². The Kier molecular flexibility index (Phi) is 3.11. The Morgan fingerprint density at radius 2 is 2.43 bits per heavy atom. The summed E-state index contributed by atoms with van der Waals surface area (Å²) in [5, 5.41) is 8.60. The van der Waals surface area contributed by atoms with E-state index < -0.39 is 0 Å². The molecule has 7 heavy (non-hydrogen) atoms. The number of allylic oxidation sites excluding steroid dienone is 2. The van der Waals surface area contributed by atoms with Crippen molar-refractivity contribution in [2.24, 2.45) is 0 Å². The van der Waals surface area contributed by atoms with Gasteiger partial charge in [0.25, 0.3) is 0 Å². The SMILES string of the molecule is C=CC(O)=CCC. The predicted octanol–water partition coefficient (Wildman–Crippen LogP) is 2.02. The lowest BCUT2D eigenvalue weighted by Crippen LogP contribution is -1.68. The first-order valence-corrected chi connectivity index (χ1v) is 2.32. The van der Waals surface area contributed by atoms with Gasteiger partial charge in [-0.3, -0.25) is 0 Å². The maximum Gasteiger partial charge on any atom is 0.110 e. The molecule has 0 saturated heterocycles. The van der Waals surface area contributed by atoms with Crippen molar-refractivity contribution < 1.29 is 5.11 Å². The normalized spacial score (nSPS) is 11.3. The molecule has 1 nitrogen and oxygen atoms in total.